The van der Waals surface area contributed by atoms with Gasteiger partial charge in [-0.3, -0.25) is 5.01 Å². The smallest absolute Gasteiger partial charge is 0.161 e. The van der Waals surface area contributed by atoms with Gasteiger partial charge in [-0.2, -0.15) is 5.10 Å². The van der Waals surface area contributed by atoms with E-state index in [-0.39, 0.29) is 6.04 Å². The second kappa shape index (κ2) is 6.73. The van der Waals surface area contributed by atoms with Gasteiger partial charge in [0.1, 0.15) is 0 Å². The first kappa shape index (κ1) is 15.4. The van der Waals surface area contributed by atoms with Gasteiger partial charge in [-0.05, 0) is 42.2 Å². The molecule has 4 nitrogen and oxygen atoms in total. The maximum absolute atomic E-state index is 5.43. The number of benzene rings is 2. The maximum Gasteiger partial charge on any atom is 0.161 e. The molecule has 0 amide bonds. The fraction of sp³-hybridized carbons (Fsp3) is 0.316. The van der Waals surface area contributed by atoms with Crippen LogP contribution in [0.1, 0.15) is 29.7 Å². The van der Waals surface area contributed by atoms with E-state index in [0.717, 1.165) is 30.0 Å². The maximum atomic E-state index is 5.43. The Labute approximate surface area is 137 Å². The zero-order valence-electron chi connectivity index (χ0n) is 13.8. The Morgan fingerprint density at radius 2 is 1.78 bits per heavy atom. The highest BCUT2D eigenvalue weighted by Crippen LogP contribution is 2.37. The van der Waals surface area contributed by atoms with Crippen LogP contribution in [0.3, 0.4) is 0 Å². The van der Waals surface area contributed by atoms with Gasteiger partial charge in [-0.25, -0.2) is 0 Å². The third-order valence-electron chi connectivity index (χ3n) is 4.31. The van der Waals surface area contributed by atoms with Gasteiger partial charge in [0.25, 0.3) is 0 Å². The molecule has 0 spiro atoms. The topological polar surface area (TPSA) is 34.1 Å². The Morgan fingerprint density at radius 1 is 1.09 bits per heavy atom. The van der Waals surface area contributed by atoms with Crippen molar-refractivity contribution in [2.24, 2.45) is 5.10 Å². The molecule has 0 saturated carbocycles. The van der Waals surface area contributed by atoms with Gasteiger partial charge in [0.15, 0.2) is 11.5 Å². The van der Waals surface area contributed by atoms with Gasteiger partial charge >= 0.3 is 0 Å². The summed E-state index contributed by atoms with van der Waals surface area (Å²) < 4.78 is 10.8. The van der Waals surface area contributed by atoms with E-state index < -0.39 is 0 Å². The molecule has 1 unspecified atom stereocenters. The highest BCUT2D eigenvalue weighted by atomic mass is 16.5. The van der Waals surface area contributed by atoms with Crippen LogP contribution in [0, 0.1) is 0 Å². The van der Waals surface area contributed by atoms with Crippen molar-refractivity contribution in [1.82, 2.24) is 5.01 Å². The summed E-state index contributed by atoms with van der Waals surface area (Å²) in [6, 6.07) is 14.5. The first-order valence-corrected chi connectivity index (χ1v) is 7.83. The van der Waals surface area contributed by atoms with Gasteiger partial charge in [0.05, 0.1) is 26.5 Å². The van der Waals surface area contributed by atoms with Crippen LogP contribution in [0.2, 0.25) is 0 Å². The molecule has 120 valence electrons. The lowest BCUT2D eigenvalue weighted by Gasteiger charge is -2.33. The van der Waals surface area contributed by atoms with E-state index >= 15 is 0 Å². The number of hydrogen-bond acceptors (Lipinski definition) is 4. The van der Waals surface area contributed by atoms with Crippen LogP contribution >= 0.6 is 0 Å². The van der Waals surface area contributed by atoms with Crippen molar-refractivity contribution in [1.29, 1.82) is 0 Å². The fourth-order valence-electron chi connectivity index (χ4n) is 2.97. The van der Waals surface area contributed by atoms with E-state index in [1.165, 1.54) is 11.1 Å². The van der Waals surface area contributed by atoms with Crippen LogP contribution in [0.25, 0.3) is 0 Å². The molecule has 2 aromatic rings. The van der Waals surface area contributed by atoms with Gasteiger partial charge in [-0.1, -0.05) is 30.3 Å². The van der Waals surface area contributed by atoms with Crippen LogP contribution < -0.4 is 9.47 Å². The molecule has 0 N–H and O–H groups in total. The summed E-state index contributed by atoms with van der Waals surface area (Å²) in [5, 5.41) is 6.79. The molecule has 0 aliphatic carbocycles. The number of methoxy groups -OCH3 is 2. The Morgan fingerprint density at radius 3 is 2.48 bits per heavy atom. The van der Waals surface area contributed by atoms with Crippen molar-refractivity contribution < 1.29 is 9.47 Å². The van der Waals surface area contributed by atoms with Crippen molar-refractivity contribution in [2.45, 2.75) is 19.4 Å². The summed E-state index contributed by atoms with van der Waals surface area (Å²) >= 11 is 0. The molecule has 0 bridgehead atoms. The average molecular weight is 310 g/mol. The lowest BCUT2D eigenvalue weighted by molar-refractivity contribution is 0.208. The average Bonchev–Trinajstić information content (AvgIpc) is 2.61. The minimum Gasteiger partial charge on any atom is -0.493 e. The van der Waals surface area contributed by atoms with Crippen molar-refractivity contribution in [3.63, 3.8) is 0 Å². The van der Waals surface area contributed by atoms with Crippen LogP contribution in [0.15, 0.2) is 47.6 Å². The number of fused-ring (bicyclic) bond motifs is 1. The molecule has 1 aliphatic heterocycles. The van der Waals surface area contributed by atoms with Crippen molar-refractivity contribution in [3.05, 3.63) is 59.2 Å². The molecule has 0 radical (unpaired) electrons. The lowest BCUT2D eigenvalue weighted by Crippen LogP contribution is -2.30. The van der Waals surface area contributed by atoms with Crippen molar-refractivity contribution in [2.75, 3.05) is 20.8 Å². The largest absolute Gasteiger partial charge is 0.493 e. The zero-order chi connectivity index (χ0) is 16.2. The first-order chi connectivity index (χ1) is 11.2. The number of nitrogens with zero attached hydrogens (tertiary/aromatic N) is 2. The zero-order valence-corrected chi connectivity index (χ0v) is 13.8. The Balaban J connectivity index is 1.85. The molecule has 4 heteroatoms. The summed E-state index contributed by atoms with van der Waals surface area (Å²) in [6.45, 7) is 3.07. The molecule has 0 fully saturated rings. The van der Waals surface area contributed by atoms with Crippen LogP contribution in [-0.2, 0) is 6.42 Å². The predicted molar refractivity (Wildman–Crippen MR) is 92.4 cm³/mol. The third-order valence-corrected chi connectivity index (χ3v) is 4.31. The Bertz CT molecular complexity index is 698. The Kier molecular flexibility index (Phi) is 4.51. The summed E-state index contributed by atoms with van der Waals surface area (Å²) in [7, 11) is 3.34. The van der Waals surface area contributed by atoms with Crippen molar-refractivity contribution >= 4 is 6.21 Å². The SMILES string of the molecule is COc1cc2c(cc1OC)C(C)N(N=Cc1ccccc1)CC2. The highest BCUT2D eigenvalue weighted by molar-refractivity contribution is 5.79. The highest BCUT2D eigenvalue weighted by Gasteiger charge is 2.24. The number of hydrogen-bond donors (Lipinski definition) is 0. The number of ether oxygens (including phenoxy) is 2. The second-order valence-electron chi connectivity index (χ2n) is 5.65. The summed E-state index contributed by atoms with van der Waals surface area (Å²) in [4.78, 5) is 0. The molecular weight excluding hydrogens is 288 g/mol. The number of rotatable bonds is 4. The first-order valence-electron chi connectivity index (χ1n) is 7.83. The standard InChI is InChI=1S/C19H22N2O2/c1-14-17-12-19(23-3)18(22-2)11-16(17)9-10-21(14)20-13-15-7-5-4-6-8-15/h4-8,11-14H,9-10H2,1-3H3. The normalized spacial score (nSPS) is 17.2. The molecule has 1 aliphatic rings. The van der Waals surface area contributed by atoms with E-state index in [1.807, 2.05) is 24.4 Å². The van der Waals surface area contributed by atoms with Gasteiger partial charge < -0.3 is 9.47 Å². The minimum atomic E-state index is 0.207. The van der Waals surface area contributed by atoms with Crippen LogP contribution in [0.5, 0.6) is 11.5 Å². The third kappa shape index (κ3) is 3.16. The molecule has 0 saturated heterocycles. The molecular formula is C19H22N2O2. The number of hydrazone groups is 1. The van der Waals surface area contributed by atoms with E-state index in [4.69, 9.17) is 9.47 Å². The summed E-state index contributed by atoms with van der Waals surface area (Å²) in [5.74, 6) is 1.56. The van der Waals surface area contributed by atoms with E-state index in [0.29, 0.717) is 0 Å². The van der Waals surface area contributed by atoms with Crippen molar-refractivity contribution in [3.8, 4) is 11.5 Å². The van der Waals surface area contributed by atoms with E-state index in [2.05, 4.69) is 41.3 Å². The second-order valence-corrected chi connectivity index (χ2v) is 5.65. The molecule has 1 heterocycles. The fourth-order valence-corrected chi connectivity index (χ4v) is 2.97. The van der Waals surface area contributed by atoms with Gasteiger partial charge in [-0.15, -0.1) is 0 Å². The van der Waals surface area contributed by atoms with Gasteiger partial charge in [0.2, 0.25) is 0 Å². The molecule has 0 aromatic heterocycles. The monoisotopic (exact) mass is 310 g/mol. The summed E-state index contributed by atoms with van der Waals surface area (Å²) in [6.07, 6.45) is 2.87. The molecule has 23 heavy (non-hydrogen) atoms. The van der Waals surface area contributed by atoms with E-state index in [9.17, 15) is 0 Å². The summed E-state index contributed by atoms with van der Waals surface area (Å²) in [5.41, 5.74) is 3.67. The quantitative estimate of drug-likeness (QED) is 0.808. The van der Waals surface area contributed by atoms with Crippen LogP contribution in [0.4, 0.5) is 0 Å². The van der Waals surface area contributed by atoms with Crippen LogP contribution in [-0.4, -0.2) is 32.0 Å². The molecule has 3 rings (SSSR count). The minimum absolute atomic E-state index is 0.207. The lowest BCUT2D eigenvalue weighted by atomic mass is 9.94. The van der Waals surface area contributed by atoms with E-state index in [1.54, 1.807) is 14.2 Å². The Hall–Kier alpha value is -2.49. The molecule has 1 atom stereocenters. The molecule has 2 aromatic carbocycles. The predicted octanol–water partition coefficient (Wildman–Crippen LogP) is 3.66. The van der Waals surface area contributed by atoms with Gasteiger partial charge in [0, 0.05) is 6.54 Å².